The van der Waals surface area contributed by atoms with Crippen LogP contribution < -0.4 is 24.0 Å². The molecule has 0 bridgehead atoms. The number of hydrogen-bond donors (Lipinski definition) is 2. The first-order valence-corrected chi connectivity index (χ1v) is 5.64. The van der Waals surface area contributed by atoms with Gasteiger partial charge in [0, 0.05) is 6.16 Å². The minimum atomic E-state index is -0.525. The lowest BCUT2D eigenvalue weighted by molar-refractivity contribution is -0.867. The van der Waals surface area contributed by atoms with Crippen molar-refractivity contribution in [3.63, 3.8) is 0 Å². The Morgan fingerprint density at radius 3 is 1.75 bits per heavy atom. The molecule has 0 atom stereocenters. The van der Waals surface area contributed by atoms with Gasteiger partial charge in [-0.15, -0.1) is 0 Å². The van der Waals surface area contributed by atoms with Crippen LogP contribution in [-0.4, -0.2) is 61.2 Å². The molecule has 0 unspecified atom stereocenters. The first-order valence-electron chi connectivity index (χ1n) is 3.74. The van der Waals surface area contributed by atoms with Gasteiger partial charge in [0.05, 0.1) is 40.4 Å². The van der Waals surface area contributed by atoms with Gasteiger partial charge in [-0.05, 0) is 7.92 Å². The second kappa shape index (κ2) is 7.44. The van der Waals surface area contributed by atoms with Crippen LogP contribution in [0, 0.1) is 0 Å². The standard InChI is InChI=1S/C7H19NO2P.HI/c1-8(2,3)4-5-11(6-9)7-10;/h9-10H,4-7H2,1-3H3;1H/q+1;/p-1. The summed E-state index contributed by atoms with van der Waals surface area (Å²) in [6.45, 7) is 1.02. The third-order valence-corrected chi connectivity index (χ3v) is 3.12. The summed E-state index contributed by atoms with van der Waals surface area (Å²) < 4.78 is 0.902. The second-order valence-electron chi connectivity index (χ2n) is 3.69. The monoisotopic (exact) mass is 307 g/mol. The lowest BCUT2D eigenvalue weighted by Gasteiger charge is -2.25. The zero-order chi connectivity index (χ0) is 8.91. The fourth-order valence-electron chi connectivity index (χ4n) is 0.628. The Labute approximate surface area is 93.1 Å². The summed E-state index contributed by atoms with van der Waals surface area (Å²) in [6.07, 6.45) is 1.27. The fourth-order valence-corrected chi connectivity index (χ4v) is 1.88. The summed E-state index contributed by atoms with van der Waals surface area (Å²) in [5, 5.41) is 17.6. The average molecular weight is 307 g/mol. The molecule has 0 rings (SSSR count). The number of quaternary nitrogens is 1. The molecule has 0 aliphatic heterocycles. The summed E-state index contributed by atoms with van der Waals surface area (Å²) in [7, 11) is 5.81. The Hall–Kier alpha value is 1.04. The van der Waals surface area contributed by atoms with E-state index < -0.39 is 7.92 Å². The second-order valence-corrected chi connectivity index (χ2v) is 6.05. The number of hydrogen-bond acceptors (Lipinski definition) is 2. The van der Waals surface area contributed by atoms with Crippen LogP contribution in [0.2, 0.25) is 0 Å². The normalized spacial score (nSPS) is 11.5. The van der Waals surface area contributed by atoms with Crippen molar-refractivity contribution in [1.82, 2.24) is 0 Å². The topological polar surface area (TPSA) is 40.5 Å². The molecule has 0 aromatic heterocycles. The van der Waals surface area contributed by atoms with Crippen LogP contribution in [0.3, 0.4) is 0 Å². The molecule has 12 heavy (non-hydrogen) atoms. The molecule has 0 aliphatic rings. The molecule has 5 heteroatoms. The maximum Gasteiger partial charge on any atom is 0.0821 e. The van der Waals surface area contributed by atoms with Crippen molar-refractivity contribution < 1.29 is 38.7 Å². The predicted molar refractivity (Wildman–Crippen MR) is 48.9 cm³/mol. The molecule has 0 aromatic rings. The van der Waals surface area contributed by atoms with Crippen molar-refractivity contribution in [2.45, 2.75) is 0 Å². The zero-order valence-electron chi connectivity index (χ0n) is 8.00. The van der Waals surface area contributed by atoms with E-state index in [2.05, 4.69) is 21.1 Å². The van der Waals surface area contributed by atoms with Crippen LogP contribution >= 0.6 is 7.92 Å². The summed E-state index contributed by atoms with van der Waals surface area (Å²) >= 11 is 0. The molecule has 0 saturated heterocycles. The van der Waals surface area contributed by atoms with Gasteiger partial charge < -0.3 is 38.7 Å². The smallest absolute Gasteiger partial charge is 0.0821 e. The van der Waals surface area contributed by atoms with Crippen molar-refractivity contribution in [3.05, 3.63) is 0 Å². The van der Waals surface area contributed by atoms with Gasteiger partial charge in [-0.1, -0.05) is 0 Å². The van der Waals surface area contributed by atoms with Gasteiger partial charge in [-0.3, -0.25) is 0 Å². The molecule has 0 fully saturated rings. The highest BCUT2D eigenvalue weighted by Gasteiger charge is 2.11. The Kier molecular flexibility index (Phi) is 9.62. The Bertz CT molecular complexity index is 104. The lowest BCUT2D eigenvalue weighted by Crippen LogP contribution is -3.00. The van der Waals surface area contributed by atoms with E-state index in [-0.39, 0.29) is 36.7 Å². The van der Waals surface area contributed by atoms with Crippen LogP contribution in [0.5, 0.6) is 0 Å². The van der Waals surface area contributed by atoms with Crippen LogP contribution in [0.15, 0.2) is 0 Å². The number of aliphatic hydroxyl groups is 2. The number of halogens is 1. The largest absolute Gasteiger partial charge is 1.00 e. The molecule has 0 amide bonds. The molecular formula is C7H19INO2P. The number of rotatable bonds is 5. The van der Waals surface area contributed by atoms with E-state index >= 15 is 0 Å². The maximum absolute atomic E-state index is 8.78. The molecular weight excluding hydrogens is 288 g/mol. The molecule has 3 nitrogen and oxygen atoms in total. The van der Waals surface area contributed by atoms with Crippen LogP contribution in [0.4, 0.5) is 0 Å². The van der Waals surface area contributed by atoms with E-state index in [0.717, 1.165) is 17.2 Å². The van der Waals surface area contributed by atoms with E-state index in [4.69, 9.17) is 10.2 Å². The van der Waals surface area contributed by atoms with Gasteiger partial charge in [-0.25, -0.2) is 0 Å². The van der Waals surface area contributed by atoms with Gasteiger partial charge in [0.1, 0.15) is 0 Å². The lowest BCUT2D eigenvalue weighted by atomic mass is 10.6. The molecule has 0 aromatic carbocycles. The van der Waals surface area contributed by atoms with Gasteiger partial charge >= 0.3 is 0 Å². The summed E-state index contributed by atoms with van der Waals surface area (Å²) in [4.78, 5) is 0. The highest BCUT2D eigenvalue weighted by Crippen LogP contribution is 2.31. The molecule has 76 valence electrons. The molecule has 0 aliphatic carbocycles. The van der Waals surface area contributed by atoms with Gasteiger partial charge in [0.25, 0.3) is 0 Å². The Morgan fingerprint density at radius 1 is 1.08 bits per heavy atom. The highest BCUT2D eigenvalue weighted by molar-refractivity contribution is 7.57. The Morgan fingerprint density at radius 2 is 1.50 bits per heavy atom. The molecule has 0 heterocycles. The summed E-state index contributed by atoms with van der Waals surface area (Å²) in [5.41, 5.74) is 0. The fraction of sp³-hybridized carbons (Fsp3) is 1.00. The maximum atomic E-state index is 8.78. The van der Waals surface area contributed by atoms with Crippen molar-refractivity contribution >= 4 is 7.92 Å². The zero-order valence-corrected chi connectivity index (χ0v) is 11.0. The van der Waals surface area contributed by atoms with Crippen molar-refractivity contribution in [2.75, 3.05) is 46.5 Å². The third-order valence-electron chi connectivity index (χ3n) is 1.49. The van der Waals surface area contributed by atoms with Crippen LogP contribution in [0.25, 0.3) is 0 Å². The minimum Gasteiger partial charge on any atom is -1.00 e. The first kappa shape index (κ1) is 15.5. The van der Waals surface area contributed by atoms with E-state index in [1.807, 2.05) is 0 Å². The number of nitrogens with zero attached hydrogens (tertiary/aromatic N) is 1. The van der Waals surface area contributed by atoms with Crippen LogP contribution in [0.1, 0.15) is 0 Å². The molecule has 0 radical (unpaired) electrons. The molecule has 0 saturated carbocycles. The molecule has 0 spiro atoms. The van der Waals surface area contributed by atoms with Gasteiger partial charge in [-0.2, -0.15) is 0 Å². The summed E-state index contributed by atoms with van der Waals surface area (Å²) in [5.74, 6) is 0. The number of aliphatic hydroxyl groups excluding tert-OH is 2. The predicted octanol–water partition coefficient (Wildman–Crippen LogP) is -2.92. The van der Waals surface area contributed by atoms with E-state index in [1.54, 1.807) is 0 Å². The van der Waals surface area contributed by atoms with Gasteiger partial charge in [0.15, 0.2) is 0 Å². The minimum absolute atomic E-state index is 0. The molecule has 2 N–H and O–H groups in total. The van der Waals surface area contributed by atoms with E-state index in [1.165, 1.54) is 0 Å². The quantitative estimate of drug-likeness (QED) is 0.325. The average Bonchev–Trinajstić information content (AvgIpc) is 1.88. The van der Waals surface area contributed by atoms with E-state index in [0.29, 0.717) is 0 Å². The first-order chi connectivity index (χ1) is 4.99. The highest BCUT2D eigenvalue weighted by atomic mass is 127. The van der Waals surface area contributed by atoms with Crippen molar-refractivity contribution in [3.8, 4) is 0 Å². The SMILES string of the molecule is C[N+](C)(C)CCP(CO)CO.[I-]. The van der Waals surface area contributed by atoms with E-state index in [9.17, 15) is 0 Å². The van der Waals surface area contributed by atoms with Gasteiger partial charge in [0.2, 0.25) is 0 Å². The van der Waals surface area contributed by atoms with Crippen molar-refractivity contribution in [2.24, 2.45) is 0 Å². The Balaban J connectivity index is 0. The summed E-state index contributed by atoms with van der Waals surface area (Å²) in [6, 6.07) is 0. The van der Waals surface area contributed by atoms with Crippen molar-refractivity contribution in [1.29, 1.82) is 0 Å². The van der Waals surface area contributed by atoms with Crippen LogP contribution in [-0.2, 0) is 0 Å². The third kappa shape index (κ3) is 9.13.